The maximum absolute atomic E-state index is 12.1. The second kappa shape index (κ2) is 6.07. The molecule has 1 aromatic rings. The predicted molar refractivity (Wildman–Crippen MR) is 75.6 cm³/mol. The van der Waals surface area contributed by atoms with Gasteiger partial charge in [-0.2, -0.15) is 5.10 Å². The zero-order valence-corrected chi connectivity index (χ0v) is 12.7. The number of rotatable bonds is 5. The fourth-order valence-corrected chi connectivity index (χ4v) is 1.74. The molecule has 0 aliphatic carbocycles. The maximum Gasteiger partial charge on any atom is 0.326 e. The van der Waals surface area contributed by atoms with E-state index in [-0.39, 0.29) is 11.5 Å². The molecule has 1 amide bonds. The largest absolute Gasteiger partial charge is 0.480 e. The van der Waals surface area contributed by atoms with Crippen LogP contribution in [0.5, 0.6) is 0 Å². The lowest BCUT2D eigenvalue weighted by Gasteiger charge is -2.19. The summed E-state index contributed by atoms with van der Waals surface area (Å²) < 4.78 is 1.68. The molecule has 1 aromatic heterocycles. The highest BCUT2D eigenvalue weighted by molar-refractivity contribution is 5.96. The van der Waals surface area contributed by atoms with Crippen LogP contribution < -0.4 is 5.32 Å². The smallest absolute Gasteiger partial charge is 0.326 e. The third kappa shape index (κ3) is 4.36. The summed E-state index contributed by atoms with van der Waals surface area (Å²) in [5.41, 5.74) is 0.151. The molecule has 2 N–H and O–H groups in total. The normalized spacial score (nSPS) is 13.3. The lowest BCUT2D eigenvalue weighted by atomic mass is 10.0. The van der Waals surface area contributed by atoms with Gasteiger partial charge in [-0.25, -0.2) is 4.79 Å². The van der Waals surface area contributed by atoms with Crippen LogP contribution in [0, 0.1) is 5.92 Å². The molecule has 0 aliphatic heterocycles. The highest BCUT2D eigenvalue weighted by Crippen LogP contribution is 2.13. The Morgan fingerprint density at radius 1 is 1.40 bits per heavy atom. The van der Waals surface area contributed by atoms with E-state index in [4.69, 9.17) is 5.11 Å². The van der Waals surface area contributed by atoms with Crippen LogP contribution in [0.15, 0.2) is 12.4 Å². The fourth-order valence-electron chi connectivity index (χ4n) is 1.74. The lowest BCUT2D eigenvalue weighted by molar-refractivity contribution is -0.139. The van der Waals surface area contributed by atoms with E-state index in [0.717, 1.165) is 0 Å². The van der Waals surface area contributed by atoms with E-state index in [2.05, 4.69) is 10.4 Å². The first-order chi connectivity index (χ1) is 9.11. The number of amides is 1. The van der Waals surface area contributed by atoms with Crippen LogP contribution in [-0.2, 0) is 10.3 Å². The number of aromatic nitrogens is 2. The molecule has 0 saturated heterocycles. The molecule has 0 fully saturated rings. The molecule has 20 heavy (non-hydrogen) atoms. The Bertz CT molecular complexity index is 486. The fraction of sp³-hybridized carbons (Fsp3) is 0.643. The minimum absolute atomic E-state index is 0.189. The van der Waals surface area contributed by atoms with Crippen molar-refractivity contribution in [2.75, 3.05) is 0 Å². The van der Waals surface area contributed by atoms with Gasteiger partial charge in [0.05, 0.1) is 17.3 Å². The molecule has 1 rings (SSSR count). The summed E-state index contributed by atoms with van der Waals surface area (Å²) in [5.74, 6) is -1.24. The maximum atomic E-state index is 12.1. The minimum atomic E-state index is -1.02. The average Bonchev–Trinajstić information content (AvgIpc) is 2.75. The van der Waals surface area contributed by atoms with E-state index < -0.39 is 17.9 Å². The Balaban J connectivity index is 2.79. The molecule has 6 nitrogen and oxygen atoms in total. The summed E-state index contributed by atoms with van der Waals surface area (Å²) in [5, 5.41) is 15.8. The molecule has 0 saturated carbocycles. The third-order valence-electron chi connectivity index (χ3n) is 2.84. The molecular weight excluding hydrogens is 258 g/mol. The van der Waals surface area contributed by atoms with Gasteiger partial charge >= 0.3 is 5.97 Å². The number of hydrogen-bond acceptors (Lipinski definition) is 3. The van der Waals surface area contributed by atoms with Crippen LogP contribution in [-0.4, -0.2) is 32.8 Å². The first kappa shape index (κ1) is 16.2. The number of carboxylic acids is 1. The van der Waals surface area contributed by atoms with Crippen LogP contribution >= 0.6 is 0 Å². The van der Waals surface area contributed by atoms with E-state index in [9.17, 15) is 9.59 Å². The zero-order chi connectivity index (χ0) is 15.5. The predicted octanol–water partition coefficient (Wildman–Crippen LogP) is 1.87. The van der Waals surface area contributed by atoms with Gasteiger partial charge in [0.25, 0.3) is 5.91 Å². The van der Waals surface area contributed by atoms with Gasteiger partial charge in [0, 0.05) is 6.20 Å². The van der Waals surface area contributed by atoms with Crippen molar-refractivity contribution in [1.29, 1.82) is 0 Å². The molecule has 0 unspecified atom stereocenters. The Morgan fingerprint density at radius 3 is 2.40 bits per heavy atom. The lowest BCUT2D eigenvalue weighted by Crippen LogP contribution is -2.41. The van der Waals surface area contributed by atoms with E-state index in [1.807, 2.05) is 34.6 Å². The summed E-state index contributed by atoms with van der Waals surface area (Å²) >= 11 is 0. The van der Waals surface area contributed by atoms with Crippen LogP contribution in [0.25, 0.3) is 0 Å². The molecule has 0 aromatic carbocycles. The zero-order valence-electron chi connectivity index (χ0n) is 12.7. The Kier molecular flexibility index (Phi) is 4.92. The first-order valence-corrected chi connectivity index (χ1v) is 6.70. The number of carbonyl (C=O) groups excluding carboxylic acids is 1. The van der Waals surface area contributed by atoms with Crippen molar-refractivity contribution < 1.29 is 14.7 Å². The van der Waals surface area contributed by atoms with Gasteiger partial charge in [-0.3, -0.25) is 9.48 Å². The third-order valence-corrected chi connectivity index (χ3v) is 2.84. The Morgan fingerprint density at radius 2 is 2.00 bits per heavy atom. The van der Waals surface area contributed by atoms with Crippen LogP contribution in [0.4, 0.5) is 0 Å². The average molecular weight is 281 g/mol. The van der Waals surface area contributed by atoms with Crippen LogP contribution in [0.1, 0.15) is 51.4 Å². The standard InChI is InChI=1S/C14H23N3O3/c1-9(2)6-11(13(19)20)16-12(18)10-7-15-17(8-10)14(3,4)5/h7-9,11H,6H2,1-5H3,(H,16,18)(H,19,20)/t11-/m0/s1. The molecule has 0 aliphatic rings. The summed E-state index contributed by atoms with van der Waals surface area (Å²) in [7, 11) is 0. The molecule has 6 heteroatoms. The van der Waals surface area contributed by atoms with Crippen molar-refractivity contribution in [3.8, 4) is 0 Å². The molecule has 0 bridgehead atoms. The van der Waals surface area contributed by atoms with Crippen molar-refractivity contribution >= 4 is 11.9 Å². The summed E-state index contributed by atoms with van der Waals surface area (Å²) in [6.07, 6.45) is 3.48. The Hall–Kier alpha value is -1.85. The van der Waals surface area contributed by atoms with E-state index in [1.165, 1.54) is 6.20 Å². The summed E-state index contributed by atoms with van der Waals surface area (Å²) in [6, 6.07) is -0.875. The molecular formula is C14H23N3O3. The van der Waals surface area contributed by atoms with Crippen molar-refractivity contribution in [3.63, 3.8) is 0 Å². The SMILES string of the molecule is CC(C)C[C@H](NC(=O)c1cnn(C(C)(C)C)c1)C(=O)O. The number of aliphatic carboxylic acids is 1. The quantitative estimate of drug-likeness (QED) is 0.863. The summed E-state index contributed by atoms with van der Waals surface area (Å²) in [4.78, 5) is 23.2. The number of nitrogens with zero attached hydrogens (tertiary/aromatic N) is 2. The van der Waals surface area contributed by atoms with Crippen molar-refractivity contribution in [3.05, 3.63) is 18.0 Å². The van der Waals surface area contributed by atoms with E-state index >= 15 is 0 Å². The summed E-state index contributed by atoms with van der Waals surface area (Å²) in [6.45, 7) is 9.75. The monoisotopic (exact) mass is 281 g/mol. The van der Waals surface area contributed by atoms with Gasteiger partial charge in [0.15, 0.2) is 0 Å². The Labute approximate surface area is 119 Å². The highest BCUT2D eigenvalue weighted by atomic mass is 16.4. The highest BCUT2D eigenvalue weighted by Gasteiger charge is 2.23. The second-order valence-electron chi connectivity index (χ2n) is 6.34. The van der Waals surface area contributed by atoms with Gasteiger partial charge in [0.2, 0.25) is 0 Å². The van der Waals surface area contributed by atoms with Gasteiger partial charge in [-0.15, -0.1) is 0 Å². The number of nitrogens with one attached hydrogen (secondary N) is 1. The number of carboxylic acid groups (broad SMARTS) is 1. The first-order valence-electron chi connectivity index (χ1n) is 6.70. The van der Waals surface area contributed by atoms with E-state index in [1.54, 1.807) is 10.9 Å². The number of hydrogen-bond donors (Lipinski definition) is 2. The van der Waals surface area contributed by atoms with Gasteiger partial charge < -0.3 is 10.4 Å². The molecule has 1 atom stereocenters. The van der Waals surface area contributed by atoms with Gasteiger partial charge in [-0.05, 0) is 33.1 Å². The van der Waals surface area contributed by atoms with Crippen molar-refractivity contribution in [2.24, 2.45) is 5.92 Å². The molecule has 1 heterocycles. The molecule has 0 radical (unpaired) electrons. The van der Waals surface area contributed by atoms with Crippen LogP contribution in [0.2, 0.25) is 0 Å². The molecule has 0 spiro atoms. The van der Waals surface area contributed by atoms with Gasteiger partial charge in [0.1, 0.15) is 6.04 Å². The second-order valence-corrected chi connectivity index (χ2v) is 6.34. The van der Waals surface area contributed by atoms with E-state index in [0.29, 0.717) is 12.0 Å². The van der Waals surface area contributed by atoms with Crippen LogP contribution in [0.3, 0.4) is 0 Å². The van der Waals surface area contributed by atoms with Crippen molar-refractivity contribution in [2.45, 2.75) is 52.6 Å². The number of carbonyl (C=O) groups is 2. The molecule has 112 valence electrons. The minimum Gasteiger partial charge on any atom is -0.480 e. The topological polar surface area (TPSA) is 84.2 Å². The van der Waals surface area contributed by atoms with Gasteiger partial charge in [-0.1, -0.05) is 13.8 Å². The van der Waals surface area contributed by atoms with Crippen molar-refractivity contribution in [1.82, 2.24) is 15.1 Å².